The summed E-state index contributed by atoms with van der Waals surface area (Å²) >= 11 is 5.81. The molecular formula is C10H17ClN4O. The van der Waals surface area contributed by atoms with E-state index in [0.29, 0.717) is 18.6 Å². The predicted octanol–water partition coefficient (Wildman–Crippen LogP) is 2.16. The molecular weight excluding hydrogens is 228 g/mol. The fourth-order valence-corrected chi connectivity index (χ4v) is 1.29. The van der Waals surface area contributed by atoms with Crippen molar-refractivity contribution in [1.29, 1.82) is 0 Å². The highest BCUT2D eigenvalue weighted by Crippen LogP contribution is 2.16. The van der Waals surface area contributed by atoms with E-state index >= 15 is 0 Å². The Morgan fingerprint density at radius 2 is 2.00 bits per heavy atom. The molecule has 0 N–H and O–H groups in total. The van der Waals surface area contributed by atoms with Crippen LogP contribution in [-0.2, 0) is 0 Å². The molecule has 0 aliphatic heterocycles. The van der Waals surface area contributed by atoms with Gasteiger partial charge in [-0.25, -0.2) is 0 Å². The molecule has 0 aliphatic carbocycles. The molecule has 0 aliphatic rings. The minimum Gasteiger partial charge on any atom is -0.464 e. The van der Waals surface area contributed by atoms with Crippen molar-refractivity contribution >= 4 is 17.5 Å². The second-order valence-corrected chi connectivity index (χ2v) is 3.83. The predicted molar refractivity (Wildman–Crippen MR) is 64.2 cm³/mol. The Morgan fingerprint density at radius 3 is 2.56 bits per heavy atom. The topological polar surface area (TPSA) is 51.1 Å². The molecule has 0 saturated heterocycles. The maximum atomic E-state index is 5.81. The summed E-state index contributed by atoms with van der Waals surface area (Å²) in [5, 5.41) is 0.156. The summed E-state index contributed by atoms with van der Waals surface area (Å²) in [7, 11) is 1.93. The zero-order valence-electron chi connectivity index (χ0n) is 10.1. The van der Waals surface area contributed by atoms with Crippen LogP contribution in [0.1, 0.15) is 27.2 Å². The van der Waals surface area contributed by atoms with Crippen molar-refractivity contribution in [3.05, 3.63) is 5.28 Å². The molecule has 1 unspecified atom stereocenters. The molecule has 0 aromatic carbocycles. The van der Waals surface area contributed by atoms with Crippen LogP contribution < -0.4 is 9.64 Å². The maximum Gasteiger partial charge on any atom is 0.322 e. The molecule has 0 fully saturated rings. The van der Waals surface area contributed by atoms with Gasteiger partial charge in [0.25, 0.3) is 0 Å². The number of nitrogens with zero attached hydrogens (tertiary/aromatic N) is 4. The van der Waals surface area contributed by atoms with E-state index < -0.39 is 0 Å². The average Bonchev–Trinajstić information content (AvgIpc) is 2.26. The van der Waals surface area contributed by atoms with Gasteiger partial charge in [0, 0.05) is 13.1 Å². The van der Waals surface area contributed by atoms with Crippen LogP contribution in [0.5, 0.6) is 6.01 Å². The summed E-state index contributed by atoms with van der Waals surface area (Å²) in [5.74, 6) is 0.540. The van der Waals surface area contributed by atoms with Gasteiger partial charge < -0.3 is 9.64 Å². The molecule has 0 saturated carbocycles. The third-order valence-electron chi connectivity index (χ3n) is 2.42. The Labute approximate surface area is 101 Å². The Morgan fingerprint density at radius 1 is 1.31 bits per heavy atom. The lowest BCUT2D eigenvalue weighted by Gasteiger charge is -2.23. The Bertz CT molecular complexity index is 348. The molecule has 16 heavy (non-hydrogen) atoms. The largest absolute Gasteiger partial charge is 0.464 e. The first-order valence-corrected chi connectivity index (χ1v) is 5.73. The molecule has 6 heteroatoms. The molecule has 0 radical (unpaired) electrons. The summed E-state index contributed by atoms with van der Waals surface area (Å²) in [6, 6.07) is 0.612. The number of halogens is 1. The molecule has 5 nitrogen and oxygen atoms in total. The zero-order valence-corrected chi connectivity index (χ0v) is 10.8. The number of hydrogen-bond acceptors (Lipinski definition) is 5. The lowest BCUT2D eigenvalue weighted by atomic mass is 10.2. The first kappa shape index (κ1) is 13.0. The van der Waals surface area contributed by atoms with Crippen LogP contribution in [0.15, 0.2) is 0 Å². The van der Waals surface area contributed by atoms with E-state index in [0.717, 1.165) is 6.42 Å². The molecule has 0 bridgehead atoms. The first-order chi connectivity index (χ1) is 7.58. The SMILES string of the molecule is CCOc1nc(Cl)nc(N(C)C(C)CC)n1. The van der Waals surface area contributed by atoms with Crippen LogP contribution in [0.25, 0.3) is 0 Å². The lowest BCUT2D eigenvalue weighted by Crippen LogP contribution is -2.30. The summed E-state index contributed by atoms with van der Waals surface area (Å²) < 4.78 is 5.22. The summed E-state index contributed by atoms with van der Waals surface area (Å²) in [6.07, 6.45) is 1.00. The van der Waals surface area contributed by atoms with Gasteiger partial charge in [0.05, 0.1) is 6.61 Å². The van der Waals surface area contributed by atoms with Gasteiger partial charge in [0.15, 0.2) is 0 Å². The van der Waals surface area contributed by atoms with E-state index in [9.17, 15) is 0 Å². The molecule has 90 valence electrons. The van der Waals surface area contributed by atoms with E-state index in [2.05, 4.69) is 28.8 Å². The molecule has 1 atom stereocenters. The van der Waals surface area contributed by atoms with Crippen molar-refractivity contribution in [2.75, 3.05) is 18.6 Å². The molecule has 1 aromatic heterocycles. The third-order valence-corrected chi connectivity index (χ3v) is 2.59. The van der Waals surface area contributed by atoms with Crippen molar-refractivity contribution in [2.24, 2.45) is 0 Å². The van der Waals surface area contributed by atoms with Gasteiger partial charge in [-0.15, -0.1) is 0 Å². The van der Waals surface area contributed by atoms with Crippen LogP contribution in [0.2, 0.25) is 5.28 Å². The van der Waals surface area contributed by atoms with Gasteiger partial charge >= 0.3 is 6.01 Å². The highest BCUT2D eigenvalue weighted by atomic mass is 35.5. The molecule has 1 aromatic rings. The normalized spacial score (nSPS) is 12.3. The van der Waals surface area contributed by atoms with Crippen molar-refractivity contribution in [3.8, 4) is 6.01 Å². The average molecular weight is 245 g/mol. The van der Waals surface area contributed by atoms with Crippen molar-refractivity contribution in [2.45, 2.75) is 33.2 Å². The number of ether oxygens (including phenoxy) is 1. The highest BCUT2D eigenvalue weighted by molar-refractivity contribution is 6.28. The summed E-state index contributed by atoms with van der Waals surface area (Å²) in [5.41, 5.74) is 0. The Kier molecular flexibility index (Phi) is 4.73. The molecule has 0 amide bonds. The van der Waals surface area contributed by atoms with Gasteiger partial charge in [-0.2, -0.15) is 15.0 Å². The van der Waals surface area contributed by atoms with Crippen molar-refractivity contribution in [1.82, 2.24) is 15.0 Å². The van der Waals surface area contributed by atoms with E-state index in [1.807, 2.05) is 18.9 Å². The smallest absolute Gasteiger partial charge is 0.322 e. The minimum atomic E-state index is 0.156. The lowest BCUT2D eigenvalue weighted by molar-refractivity contribution is 0.311. The van der Waals surface area contributed by atoms with Crippen LogP contribution in [0.4, 0.5) is 5.95 Å². The highest BCUT2D eigenvalue weighted by Gasteiger charge is 2.13. The summed E-state index contributed by atoms with van der Waals surface area (Å²) in [6.45, 7) is 6.58. The van der Waals surface area contributed by atoms with E-state index in [1.54, 1.807) is 0 Å². The monoisotopic (exact) mass is 244 g/mol. The third kappa shape index (κ3) is 3.20. The maximum absolute atomic E-state index is 5.81. The van der Waals surface area contributed by atoms with Crippen molar-refractivity contribution in [3.63, 3.8) is 0 Å². The number of rotatable bonds is 5. The van der Waals surface area contributed by atoms with Crippen LogP contribution in [-0.4, -0.2) is 34.6 Å². The van der Waals surface area contributed by atoms with Gasteiger partial charge in [0.1, 0.15) is 0 Å². The van der Waals surface area contributed by atoms with Gasteiger partial charge in [-0.3, -0.25) is 0 Å². The fraction of sp³-hybridized carbons (Fsp3) is 0.700. The first-order valence-electron chi connectivity index (χ1n) is 5.35. The Hall–Kier alpha value is -1.10. The zero-order chi connectivity index (χ0) is 12.1. The Balaban J connectivity index is 2.94. The van der Waals surface area contributed by atoms with Gasteiger partial charge in [-0.05, 0) is 31.9 Å². The number of aromatic nitrogens is 3. The van der Waals surface area contributed by atoms with E-state index in [4.69, 9.17) is 16.3 Å². The second kappa shape index (κ2) is 5.84. The van der Waals surface area contributed by atoms with E-state index in [1.165, 1.54) is 0 Å². The number of anilines is 1. The fourth-order valence-electron chi connectivity index (χ4n) is 1.14. The van der Waals surface area contributed by atoms with Crippen LogP contribution in [0.3, 0.4) is 0 Å². The van der Waals surface area contributed by atoms with Gasteiger partial charge in [0.2, 0.25) is 11.2 Å². The van der Waals surface area contributed by atoms with Crippen LogP contribution in [0, 0.1) is 0 Å². The second-order valence-electron chi connectivity index (χ2n) is 3.49. The number of hydrogen-bond donors (Lipinski definition) is 0. The molecule has 0 spiro atoms. The molecule has 1 heterocycles. The quantitative estimate of drug-likeness (QED) is 0.795. The van der Waals surface area contributed by atoms with Crippen LogP contribution >= 0.6 is 11.6 Å². The minimum absolute atomic E-state index is 0.156. The molecule has 1 rings (SSSR count). The van der Waals surface area contributed by atoms with Crippen molar-refractivity contribution < 1.29 is 4.74 Å². The van der Waals surface area contributed by atoms with E-state index in [-0.39, 0.29) is 11.3 Å². The standard InChI is InChI=1S/C10H17ClN4O/c1-5-7(3)15(4)9-12-8(11)13-10(14-9)16-6-2/h7H,5-6H2,1-4H3. The van der Waals surface area contributed by atoms with Gasteiger partial charge in [-0.1, -0.05) is 6.92 Å². The summed E-state index contributed by atoms with van der Waals surface area (Å²) in [4.78, 5) is 14.1.